The summed E-state index contributed by atoms with van der Waals surface area (Å²) in [5.74, 6) is -0.920. The van der Waals surface area contributed by atoms with Gasteiger partial charge >= 0.3 is 12.0 Å². The highest BCUT2D eigenvalue weighted by molar-refractivity contribution is 5.75. The highest BCUT2D eigenvalue weighted by Crippen LogP contribution is 2.10. The molecule has 6 nitrogen and oxygen atoms in total. The van der Waals surface area contributed by atoms with Gasteiger partial charge in [-0.3, -0.25) is 9.78 Å². The molecule has 1 atom stereocenters. The lowest BCUT2D eigenvalue weighted by molar-refractivity contribution is -0.137. The van der Waals surface area contributed by atoms with E-state index in [9.17, 15) is 9.59 Å². The van der Waals surface area contributed by atoms with E-state index in [2.05, 4.69) is 10.3 Å². The summed E-state index contributed by atoms with van der Waals surface area (Å²) in [4.78, 5) is 27.4. The molecule has 1 aromatic rings. The van der Waals surface area contributed by atoms with Gasteiger partial charge in [0.15, 0.2) is 0 Å². The van der Waals surface area contributed by atoms with Crippen molar-refractivity contribution in [2.45, 2.75) is 19.4 Å². The van der Waals surface area contributed by atoms with E-state index in [0.29, 0.717) is 0 Å². The normalized spacial score (nSPS) is 11.7. The minimum atomic E-state index is -0.920. The molecule has 0 saturated carbocycles. The molecule has 0 spiro atoms. The molecule has 1 rings (SSSR count). The Bertz CT molecular complexity index is 408. The van der Waals surface area contributed by atoms with E-state index in [0.717, 1.165) is 5.56 Å². The van der Waals surface area contributed by atoms with E-state index < -0.39 is 5.97 Å². The van der Waals surface area contributed by atoms with Gasteiger partial charge in [-0.1, -0.05) is 0 Å². The first-order chi connectivity index (χ1) is 8.50. The molecule has 6 heteroatoms. The predicted molar refractivity (Wildman–Crippen MR) is 66.1 cm³/mol. The zero-order chi connectivity index (χ0) is 13.5. The number of amides is 2. The van der Waals surface area contributed by atoms with Crippen LogP contribution < -0.4 is 5.32 Å². The molecular weight excluding hydrogens is 234 g/mol. The summed E-state index contributed by atoms with van der Waals surface area (Å²) in [6.45, 7) is 2.04. The van der Waals surface area contributed by atoms with Gasteiger partial charge in [-0.05, 0) is 24.6 Å². The molecule has 0 aromatic carbocycles. The lowest BCUT2D eigenvalue weighted by Gasteiger charge is -2.20. The number of nitrogens with one attached hydrogen (secondary N) is 1. The zero-order valence-corrected chi connectivity index (χ0v) is 10.5. The summed E-state index contributed by atoms with van der Waals surface area (Å²) in [6.07, 6.45) is 3.26. The molecule has 98 valence electrons. The third-order valence-electron chi connectivity index (χ3n) is 2.55. The summed E-state index contributed by atoms with van der Waals surface area (Å²) in [5, 5.41) is 11.3. The largest absolute Gasteiger partial charge is 0.481 e. The average Bonchev–Trinajstić information content (AvgIpc) is 2.36. The molecule has 2 amide bonds. The number of carboxylic acids is 1. The van der Waals surface area contributed by atoms with Crippen molar-refractivity contribution < 1.29 is 14.7 Å². The lowest BCUT2D eigenvalue weighted by atomic mass is 10.1. The Morgan fingerprint density at radius 2 is 2.06 bits per heavy atom. The average molecular weight is 251 g/mol. The van der Waals surface area contributed by atoms with E-state index >= 15 is 0 Å². The van der Waals surface area contributed by atoms with Crippen molar-refractivity contribution in [2.75, 3.05) is 13.6 Å². The number of hydrogen-bond acceptors (Lipinski definition) is 3. The van der Waals surface area contributed by atoms with Crippen LogP contribution in [0.25, 0.3) is 0 Å². The van der Waals surface area contributed by atoms with E-state index in [1.54, 1.807) is 19.4 Å². The number of rotatable bonds is 5. The van der Waals surface area contributed by atoms with Crippen molar-refractivity contribution >= 4 is 12.0 Å². The molecule has 0 bridgehead atoms. The number of urea groups is 1. The lowest BCUT2D eigenvalue weighted by Crippen LogP contribution is -2.39. The maximum atomic E-state index is 11.7. The van der Waals surface area contributed by atoms with Gasteiger partial charge in [0.05, 0.1) is 12.5 Å². The Morgan fingerprint density at radius 1 is 1.44 bits per heavy atom. The molecule has 1 heterocycles. The number of aromatic nitrogens is 1. The molecular formula is C12H17N3O3. The van der Waals surface area contributed by atoms with Crippen molar-refractivity contribution in [3.8, 4) is 0 Å². The Kier molecular flexibility index (Phi) is 5.10. The number of aliphatic carboxylic acids is 1. The third-order valence-corrected chi connectivity index (χ3v) is 2.55. The molecule has 0 aliphatic rings. The van der Waals surface area contributed by atoms with Crippen LogP contribution in [0.15, 0.2) is 24.5 Å². The Hall–Kier alpha value is -2.11. The minimum Gasteiger partial charge on any atom is -0.481 e. The number of hydrogen-bond donors (Lipinski definition) is 2. The fourth-order valence-corrected chi connectivity index (χ4v) is 1.40. The molecule has 0 aliphatic carbocycles. The second kappa shape index (κ2) is 6.58. The first-order valence-electron chi connectivity index (χ1n) is 5.64. The van der Waals surface area contributed by atoms with Gasteiger partial charge in [0.1, 0.15) is 0 Å². The van der Waals surface area contributed by atoms with Crippen LogP contribution in [0.3, 0.4) is 0 Å². The van der Waals surface area contributed by atoms with Crippen molar-refractivity contribution in [3.05, 3.63) is 30.1 Å². The maximum Gasteiger partial charge on any atom is 0.317 e. The SMILES string of the molecule is CC(NC(=O)N(C)CCC(=O)O)c1ccncc1. The van der Waals surface area contributed by atoms with Crippen molar-refractivity contribution in [3.63, 3.8) is 0 Å². The van der Waals surface area contributed by atoms with Crippen LogP contribution in [0.2, 0.25) is 0 Å². The smallest absolute Gasteiger partial charge is 0.317 e. The first kappa shape index (κ1) is 14.0. The topological polar surface area (TPSA) is 82.5 Å². The summed E-state index contributed by atoms with van der Waals surface area (Å²) in [7, 11) is 1.57. The number of carboxylic acid groups (broad SMARTS) is 1. The van der Waals surface area contributed by atoms with E-state index in [-0.39, 0.29) is 25.0 Å². The van der Waals surface area contributed by atoms with Crippen LogP contribution in [-0.4, -0.2) is 40.6 Å². The van der Waals surface area contributed by atoms with Gasteiger partial charge < -0.3 is 15.3 Å². The van der Waals surface area contributed by atoms with Gasteiger partial charge in [-0.15, -0.1) is 0 Å². The quantitative estimate of drug-likeness (QED) is 0.825. The third kappa shape index (κ3) is 4.40. The predicted octanol–water partition coefficient (Wildman–Crippen LogP) is 1.26. The fourth-order valence-electron chi connectivity index (χ4n) is 1.40. The Morgan fingerprint density at radius 3 is 2.61 bits per heavy atom. The number of carbonyl (C=O) groups excluding carboxylic acids is 1. The molecule has 1 unspecified atom stereocenters. The summed E-state index contributed by atoms with van der Waals surface area (Å²) in [6, 6.07) is 3.21. The van der Waals surface area contributed by atoms with Crippen molar-refractivity contribution in [1.29, 1.82) is 0 Å². The van der Waals surface area contributed by atoms with Crippen LogP contribution in [0, 0.1) is 0 Å². The van der Waals surface area contributed by atoms with Gasteiger partial charge in [-0.25, -0.2) is 4.79 Å². The summed E-state index contributed by atoms with van der Waals surface area (Å²) >= 11 is 0. The maximum absolute atomic E-state index is 11.7. The molecule has 18 heavy (non-hydrogen) atoms. The van der Waals surface area contributed by atoms with Gasteiger partial charge in [-0.2, -0.15) is 0 Å². The second-order valence-corrected chi connectivity index (χ2v) is 4.02. The van der Waals surface area contributed by atoms with Crippen LogP contribution in [-0.2, 0) is 4.79 Å². The van der Waals surface area contributed by atoms with Crippen LogP contribution in [0.5, 0.6) is 0 Å². The molecule has 2 N–H and O–H groups in total. The van der Waals surface area contributed by atoms with E-state index in [1.807, 2.05) is 19.1 Å². The van der Waals surface area contributed by atoms with Gasteiger partial charge in [0.2, 0.25) is 0 Å². The minimum absolute atomic E-state index is 0.0619. The molecule has 1 aromatic heterocycles. The highest BCUT2D eigenvalue weighted by Gasteiger charge is 2.13. The van der Waals surface area contributed by atoms with Crippen LogP contribution in [0.1, 0.15) is 24.9 Å². The van der Waals surface area contributed by atoms with E-state index in [1.165, 1.54) is 4.90 Å². The highest BCUT2D eigenvalue weighted by atomic mass is 16.4. The zero-order valence-electron chi connectivity index (χ0n) is 10.5. The molecule has 0 aliphatic heterocycles. The number of carbonyl (C=O) groups is 2. The van der Waals surface area contributed by atoms with Crippen LogP contribution >= 0.6 is 0 Å². The fraction of sp³-hybridized carbons (Fsp3) is 0.417. The monoisotopic (exact) mass is 251 g/mol. The summed E-state index contributed by atoms with van der Waals surface area (Å²) in [5.41, 5.74) is 0.949. The summed E-state index contributed by atoms with van der Waals surface area (Å²) < 4.78 is 0. The van der Waals surface area contributed by atoms with Crippen LogP contribution in [0.4, 0.5) is 4.79 Å². The van der Waals surface area contributed by atoms with Gasteiger partial charge in [0, 0.05) is 26.0 Å². The Balaban J connectivity index is 2.46. The molecule has 0 radical (unpaired) electrons. The molecule has 0 fully saturated rings. The number of pyridine rings is 1. The molecule has 0 saturated heterocycles. The number of nitrogens with zero attached hydrogens (tertiary/aromatic N) is 2. The first-order valence-corrected chi connectivity index (χ1v) is 5.64. The van der Waals surface area contributed by atoms with Crippen molar-refractivity contribution in [1.82, 2.24) is 15.2 Å². The van der Waals surface area contributed by atoms with Crippen molar-refractivity contribution in [2.24, 2.45) is 0 Å². The van der Waals surface area contributed by atoms with Gasteiger partial charge in [0.25, 0.3) is 0 Å². The second-order valence-electron chi connectivity index (χ2n) is 4.02. The standard InChI is InChI=1S/C12H17N3O3/c1-9(10-3-6-13-7-4-10)14-12(18)15(2)8-5-11(16)17/h3-4,6-7,9H,5,8H2,1-2H3,(H,14,18)(H,16,17). The Labute approximate surface area is 106 Å². The van der Waals surface area contributed by atoms with E-state index in [4.69, 9.17) is 5.11 Å².